The molecular formula is C16H19FN2O2. The number of carbonyl (C=O) groups excluding carboxylic acids is 1. The summed E-state index contributed by atoms with van der Waals surface area (Å²) < 4.78 is 19.0. The highest BCUT2D eigenvalue weighted by Crippen LogP contribution is 2.30. The number of rotatable bonds is 2. The summed E-state index contributed by atoms with van der Waals surface area (Å²) in [6, 6.07) is 4.45. The Morgan fingerprint density at radius 3 is 2.95 bits per heavy atom. The highest BCUT2D eigenvalue weighted by atomic mass is 19.1. The number of amides is 1. The monoisotopic (exact) mass is 290 g/mol. The van der Waals surface area contributed by atoms with E-state index in [1.807, 2.05) is 6.92 Å². The van der Waals surface area contributed by atoms with Crippen molar-refractivity contribution < 1.29 is 13.6 Å². The van der Waals surface area contributed by atoms with Crippen LogP contribution in [-0.2, 0) is 0 Å². The van der Waals surface area contributed by atoms with Crippen LogP contribution in [0, 0.1) is 18.7 Å². The van der Waals surface area contributed by atoms with Crippen molar-refractivity contribution in [2.75, 3.05) is 13.1 Å². The lowest BCUT2D eigenvalue weighted by Gasteiger charge is -2.20. The molecule has 1 aliphatic rings. The first-order chi connectivity index (χ1) is 10.0. The van der Waals surface area contributed by atoms with Gasteiger partial charge in [-0.15, -0.1) is 0 Å². The second-order valence-electron chi connectivity index (χ2n) is 5.84. The summed E-state index contributed by atoms with van der Waals surface area (Å²) >= 11 is 0. The number of nitrogens with zero attached hydrogens (tertiary/aromatic N) is 1. The topological polar surface area (TPSA) is 59.5 Å². The van der Waals surface area contributed by atoms with Crippen molar-refractivity contribution in [1.82, 2.24) is 4.90 Å². The van der Waals surface area contributed by atoms with E-state index in [4.69, 9.17) is 10.2 Å². The molecule has 2 aromatic rings. The van der Waals surface area contributed by atoms with Crippen molar-refractivity contribution in [3.63, 3.8) is 0 Å². The van der Waals surface area contributed by atoms with Crippen LogP contribution in [0.5, 0.6) is 0 Å². The maximum absolute atomic E-state index is 13.3. The minimum Gasteiger partial charge on any atom is -0.451 e. The smallest absolute Gasteiger partial charge is 0.290 e. The standard InChI is InChI=1S/C16H19FN2O2/c1-9-5-11(7-18)8-19(9)16(20)15-10(2)13-6-12(17)3-4-14(13)21-15/h3-4,6,9,11H,5,7-8,18H2,1-2H3. The zero-order valence-electron chi connectivity index (χ0n) is 12.2. The molecule has 1 saturated heterocycles. The van der Waals surface area contributed by atoms with Gasteiger partial charge in [0, 0.05) is 23.5 Å². The van der Waals surface area contributed by atoms with Crippen LogP contribution in [0.1, 0.15) is 29.5 Å². The van der Waals surface area contributed by atoms with Crippen molar-refractivity contribution in [1.29, 1.82) is 0 Å². The van der Waals surface area contributed by atoms with Gasteiger partial charge in [0.15, 0.2) is 5.76 Å². The number of aryl methyl sites for hydroxylation is 1. The van der Waals surface area contributed by atoms with Crippen LogP contribution in [0.3, 0.4) is 0 Å². The molecule has 2 N–H and O–H groups in total. The molecule has 1 aromatic heterocycles. The molecule has 0 aliphatic carbocycles. The second-order valence-corrected chi connectivity index (χ2v) is 5.84. The van der Waals surface area contributed by atoms with Crippen molar-refractivity contribution in [2.24, 2.45) is 11.7 Å². The Labute approximate surface area is 122 Å². The second kappa shape index (κ2) is 5.15. The van der Waals surface area contributed by atoms with Gasteiger partial charge in [0.1, 0.15) is 11.4 Å². The molecule has 3 rings (SSSR count). The number of hydrogen-bond acceptors (Lipinski definition) is 3. The predicted molar refractivity (Wildman–Crippen MR) is 78.6 cm³/mol. The summed E-state index contributed by atoms with van der Waals surface area (Å²) in [7, 11) is 0. The Hall–Kier alpha value is -1.88. The van der Waals surface area contributed by atoms with Crippen LogP contribution in [0.2, 0.25) is 0 Å². The number of likely N-dealkylation sites (tertiary alicyclic amines) is 1. The fraction of sp³-hybridized carbons (Fsp3) is 0.438. The molecule has 112 valence electrons. The Balaban J connectivity index is 1.97. The van der Waals surface area contributed by atoms with Gasteiger partial charge in [0.2, 0.25) is 0 Å². The van der Waals surface area contributed by atoms with E-state index in [0.29, 0.717) is 41.3 Å². The van der Waals surface area contributed by atoms with Crippen LogP contribution in [0.15, 0.2) is 22.6 Å². The van der Waals surface area contributed by atoms with Crippen molar-refractivity contribution >= 4 is 16.9 Å². The van der Waals surface area contributed by atoms with Gasteiger partial charge in [-0.1, -0.05) is 0 Å². The average Bonchev–Trinajstić information content (AvgIpc) is 2.99. The van der Waals surface area contributed by atoms with Crippen LogP contribution in [0.25, 0.3) is 11.0 Å². The number of furan rings is 1. The average molecular weight is 290 g/mol. The third kappa shape index (κ3) is 2.31. The Morgan fingerprint density at radius 1 is 1.52 bits per heavy atom. The van der Waals surface area contributed by atoms with Crippen molar-refractivity contribution in [2.45, 2.75) is 26.3 Å². The summed E-state index contributed by atoms with van der Waals surface area (Å²) in [4.78, 5) is 14.5. The molecule has 1 aromatic carbocycles. The highest BCUT2D eigenvalue weighted by Gasteiger charge is 2.34. The van der Waals surface area contributed by atoms with E-state index in [9.17, 15) is 9.18 Å². The van der Waals surface area contributed by atoms with Gasteiger partial charge in [0.25, 0.3) is 5.91 Å². The number of carbonyl (C=O) groups is 1. The Morgan fingerprint density at radius 2 is 2.29 bits per heavy atom. The van der Waals surface area contributed by atoms with E-state index in [1.54, 1.807) is 17.9 Å². The third-order valence-electron chi connectivity index (χ3n) is 4.35. The van der Waals surface area contributed by atoms with Crippen LogP contribution < -0.4 is 5.73 Å². The van der Waals surface area contributed by atoms with Crippen molar-refractivity contribution in [3.8, 4) is 0 Å². The highest BCUT2D eigenvalue weighted by molar-refractivity contribution is 5.99. The Kier molecular flexibility index (Phi) is 3.45. The van der Waals surface area contributed by atoms with Gasteiger partial charge in [-0.2, -0.15) is 0 Å². The molecule has 1 fully saturated rings. The maximum Gasteiger partial charge on any atom is 0.290 e. The molecule has 0 radical (unpaired) electrons. The number of fused-ring (bicyclic) bond motifs is 1. The quantitative estimate of drug-likeness (QED) is 0.925. The van der Waals surface area contributed by atoms with E-state index in [0.717, 1.165) is 6.42 Å². The fourth-order valence-corrected chi connectivity index (χ4v) is 3.12. The van der Waals surface area contributed by atoms with Gasteiger partial charge in [-0.25, -0.2) is 4.39 Å². The predicted octanol–water partition coefficient (Wildman–Crippen LogP) is 2.69. The largest absolute Gasteiger partial charge is 0.451 e. The first-order valence-corrected chi connectivity index (χ1v) is 7.21. The molecule has 2 heterocycles. The first kappa shape index (κ1) is 14.1. The summed E-state index contributed by atoms with van der Waals surface area (Å²) in [5.74, 6) is 0.182. The lowest BCUT2D eigenvalue weighted by atomic mass is 10.1. The van der Waals surface area contributed by atoms with Gasteiger partial charge in [-0.05, 0) is 50.9 Å². The summed E-state index contributed by atoms with van der Waals surface area (Å²) in [6.07, 6.45) is 0.913. The molecule has 4 nitrogen and oxygen atoms in total. The van der Waals surface area contributed by atoms with Crippen LogP contribution in [0.4, 0.5) is 4.39 Å². The van der Waals surface area contributed by atoms with Crippen molar-refractivity contribution in [3.05, 3.63) is 35.3 Å². The minimum atomic E-state index is -0.330. The zero-order chi connectivity index (χ0) is 15.1. The molecule has 0 saturated carbocycles. The summed E-state index contributed by atoms with van der Waals surface area (Å²) in [5, 5.41) is 0.653. The number of hydrogen-bond donors (Lipinski definition) is 1. The summed E-state index contributed by atoms with van der Waals surface area (Å²) in [6.45, 7) is 5.05. The van der Waals surface area contributed by atoms with E-state index < -0.39 is 0 Å². The van der Waals surface area contributed by atoms with Crippen LogP contribution >= 0.6 is 0 Å². The minimum absolute atomic E-state index is 0.132. The molecule has 0 bridgehead atoms. The van der Waals surface area contributed by atoms with Gasteiger partial charge in [-0.3, -0.25) is 4.79 Å². The number of benzene rings is 1. The maximum atomic E-state index is 13.3. The fourth-order valence-electron chi connectivity index (χ4n) is 3.12. The molecule has 2 unspecified atom stereocenters. The normalized spacial score (nSPS) is 22.2. The first-order valence-electron chi connectivity index (χ1n) is 7.21. The van der Waals surface area contributed by atoms with Crippen LogP contribution in [-0.4, -0.2) is 29.9 Å². The van der Waals surface area contributed by atoms with E-state index >= 15 is 0 Å². The van der Waals surface area contributed by atoms with Gasteiger partial charge in [0.05, 0.1) is 0 Å². The zero-order valence-corrected chi connectivity index (χ0v) is 12.2. The lowest BCUT2D eigenvalue weighted by molar-refractivity contribution is 0.0712. The molecule has 2 atom stereocenters. The van der Waals surface area contributed by atoms with E-state index in [1.165, 1.54) is 12.1 Å². The molecule has 5 heteroatoms. The summed E-state index contributed by atoms with van der Waals surface area (Å²) in [5.41, 5.74) is 6.94. The van der Waals surface area contributed by atoms with Gasteiger partial charge >= 0.3 is 0 Å². The van der Waals surface area contributed by atoms with E-state index in [2.05, 4.69) is 0 Å². The molecular weight excluding hydrogens is 271 g/mol. The molecule has 0 spiro atoms. The number of nitrogens with two attached hydrogens (primary N) is 1. The SMILES string of the molecule is Cc1c(C(=O)N2CC(CN)CC2C)oc2ccc(F)cc12. The lowest BCUT2D eigenvalue weighted by Crippen LogP contribution is -2.34. The van der Waals surface area contributed by atoms with Gasteiger partial charge < -0.3 is 15.1 Å². The molecule has 1 amide bonds. The third-order valence-corrected chi connectivity index (χ3v) is 4.35. The van der Waals surface area contributed by atoms with E-state index in [-0.39, 0.29) is 17.8 Å². The molecule has 1 aliphatic heterocycles. The molecule has 21 heavy (non-hydrogen) atoms. The Bertz CT molecular complexity index is 695. The number of halogens is 1.